The maximum absolute atomic E-state index is 12.4. The lowest BCUT2D eigenvalue weighted by atomic mass is 10.1. The third-order valence-electron chi connectivity index (χ3n) is 2.42. The highest BCUT2D eigenvalue weighted by Crippen LogP contribution is 2.37. The molecule has 0 amide bonds. The molecule has 10 heteroatoms. The van der Waals surface area contributed by atoms with E-state index in [-0.39, 0.29) is 17.7 Å². The number of nitrogens with zero attached hydrogens (tertiary/aromatic N) is 3. The Labute approximate surface area is 123 Å². The zero-order valence-corrected chi connectivity index (χ0v) is 11.5. The lowest BCUT2D eigenvalue weighted by molar-refractivity contribution is -0.138. The minimum absolute atomic E-state index is 0.0167. The Morgan fingerprint density at radius 3 is 2.68 bits per heavy atom. The van der Waals surface area contributed by atoms with Crippen molar-refractivity contribution in [3.05, 3.63) is 28.1 Å². The summed E-state index contributed by atoms with van der Waals surface area (Å²) in [6.07, 6.45) is 0.486. The quantitative estimate of drug-likeness (QED) is 0.215. The number of carbonyl (C=O) groups excluding carboxylic acids is 2. The number of ether oxygens (including phenoxy) is 2. The van der Waals surface area contributed by atoms with Crippen LogP contribution in [0.3, 0.4) is 0 Å². The summed E-state index contributed by atoms with van der Waals surface area (Å²) in [5, 5.41) is 3.13. The molecular weight excluding hydrogens is 302 g/mol. The number of hydrogen-bond donors (Lipinski definition) is 1. The van der Waals surface area contributed by atoms with Gasteiger partial charge in [-0.3, -0.25) is 4.79 Å². The van der Waals surface area contributed by atoms with Gasteiger partial charge in [0.15, 0.2) is 5.75 Å². The van der Waals surface area contributed by atoms with E-state index < -0.39 is 30.0 Å². The number of azide groups is 1. The van der Waals surface area contributed by atoms with E-state index in [0.29, 0.717) is 6.42 Å². The van der Waals surface area contributed by atoms with Gasteiger partial charge in [-0.05, 0) is 24.1 Å². The van der Waals surface area contributed by atoms with E-state index in [0.717, 1.165) is 12.1 Å². The SMILES string of the molecule is CCCC(=O)OC(=O)c1ccc(N=[N+]=[N-])c(OC(F)F)c1N. The van der Waals surface area contributed by atoms with Gasteiger partial charge in [0, 0.05) is 11.3 Å². The zero-order chi connectivity index (χ0) is 16.7. The molecular formula is C12H12F2N4O4. The smallest absolute Gasteiger partial charge is 0.387 e. The first-order chi connectivity index (χ1) is 10.4. The van der Waals surface area contributed by atoms with Crippen molar-refractivity contribution in [3.63, 3.8) is 0 Å². The van der Waals surface area contributed by atoms with Gasteiger partial charge in [-0.2, -0.15) is 8.78 Å². The third-order valence-corrected chi connectivity index (χ3v) is 2.42. The fourth-order valence-corrected chi connectivity index (χ4v) is 1.52. The van der Waals surface area contributed by atoms with Crippen molar-refractivity contribution in [3.8, 4) is 5.75 Å². The molecule has 1 rings (SSSR count). The fourth-order valence-electron chi connectivity index (χ4n) is 1.52. The van der Waals surface area contributed by atoms with Crippen LogP contribution in [0, 0.1) is 0 Å². The summed E-state index contributed by atoms with van der Waals surface area (Å²) in [4.78, 5) is 25.5. The van der Waals surface area contributed by atoms with Gasteiger partial charge in [0.2, 0.25) is 0 Å². The first-order valence-corrected chi connectivity index (χ1v) is 6.08. The molecule has 0 aliphatic carbocycles. The number of benzene rings is 1. The normalized spacial score (nSPS) is 10.0. The van der Waals surface area contributed by atoms with Crippen LogP contribution < -0.4 is 10.5 Å². The molecule has 0 spiro atoms. The van der Waals surface area contributed by atoms with Gasteiger partial charge in [0.25, 0.3) is 0 Å². The van der Waals surface area contributed by atoms with Gasteiger partial charge in [0.05, 0.1) is 16.9 Å². The summed E-state index contributed by atoms with van der Waals surface area (Å²) >= 11 is 0. The number of hydrogen-bond acceptors (Lipinski definition) is 6. The molecule has 0 radical (unpaired) electrons. The second-order valence-corrected chi connectivity index (χ2v) is 3.95. The minimum atomic E-state index is -3.25. The maximum atomic E-state index is 12.4. The van der Waals surface area contributed by atoms with E-state index in [2.05, 4.69) is 19.5 Å². The van der Waals surface area contributed by atoms with Gasteiger partial charge < -0.3 is 15.2 Å². The number of halogens is 2. The Hall–Kier alpha value is -2.87. The molecule has 8 nitrogen and oxygen atoms in total. The van der Waals surface area contributed by atoms with Crippen molar-refractivity contribution in [2.45, 2.75) is 26.4 Å². The average Bonchev–Trinajstić information content (AvgIpc) is 2.42. The molecule has 0 aromatic heterocycles. The van der Waals surface area contributed by atoms with E-state index >= 15 is 0 Å². The topological polar surface area (TPSA) is 127 Å². The van der Waals surface area contributed by atoms with Crippen molar-refractivity contribution in [1.82, 2.24) is 0 Å². The molecule has 118 valence electrons. The highest BCUT2D eigenvalue weighted by atomic mass is 19.3. The number of rotatable bonds is 6. The molecule has 0 bridgehead atoms. The van der Waals surface area contributed by atoms with Crippen LogP contribution in [-0.4, -0.2) is 18.6 Å². The van der Waals surface area contributed by atoms with Gasteiger partial charge in [-0.1, -0.05) is 12.0 Å². The molecule has 0 fully saturated rings. The Kier molecular flexibility index (Phi) is 6.09. The Bertz CT molecular complexity index is 630. The van der Waals surface area contributed by atoms with Gasteiger partial charge in [-0.25, -0.2) is 4.79 Å². The second kappa shape index (κ2) is 7.79. The summed E-state index contributed by atoms with van der Waals surface area (Å²) < 4.78 is 33.4. The number of esters is 2. The summed E-state index contributed by atoms with van der Waals surface area (Å²) in [5.41, 5.74) is 12.7. The van der Waals surface area contributed by atoms with Crippen LogP contribution in [-0.2, 0) is 9.53 Å². The Morgan fingerprint density at radius 2 is 2.14 bits per heavy atom. The van der Waals surface area contributed by atoms with Crippen LogP contribution in [0.2, 0.25) is 0 Å². The summed E-state index contributed by atoms with van der Waals surface area (Å²) in [6, 6.07) is 2.13. The molecule has 22 heavy (non-hydrogen) atoms. The predicted octanol–water partition coefficient (Wildman–Crippen LogP) is 3.30. The Morgan fingerprint density at radius 1 is 1.45 bits per heavy atom. The van der Waals surface area contributed by atoms with E-state index in [1.807, 2.05) is 0 Å². The average molecular weight is 314 g/mol. The van der Waals surface area contributed by atoms with Crippen molar-refractivity contribution < 1.29 is 27.8 Å². The van der Waals surface area contributed by atoms with Crippen molar-refractivity contribution in [2.24, 2.45) is 5.11 Å². The van der Waals surface area contributed by atoms with Gasteiger partial charge in [-0.15, -0.1) is 0 Å². The van der Waals surface area contributed by atoms with Crippen LogP contribution in [0.25, 0.3) is 10.4 Å². The lowest BCUT2D eigenvalue weighted by Crippen LogP contribution is -2.15. The predicted molar refractivity (Wildman–Crippen MR) is 71.6 cm³/mol. The molecule has 1 aromatic rings. The highest BCUT2D eigenvalue weighted by Gasteiger charge is 2.22. The van der Waals surface area contributed by atoms with Crippen LogP contribution in [0.15, 0.2) is 17.2 Å². The number of carbonyl (C=O) groups is 2. The van der Waals surface area contributed by atoms with Crippen molar-refractivity contribution in [1.29, 1.82) is 0 Å². The number of nitrogens with two attached hydrogens (primary N) is 1. The molecule has 0 aliphatic heterocycles. The van der Waals surface area contributed by atoms with Gasteiger partial charge >= 0.3 is 18.6 Å². The molecule has 0 heterocycles. The van der Waals surface area contributed by atoms with Crippen molar-refractivity contribution >= 4 is 23.3 Å². The fraction of sp³-hybridized carbons (Fsp3) is 0.333. The monoisotopic (exact) mass is 314 g/mol. The molecule has 0 atom stereocenters. The lowest BCUT2D eigenvalue weighted by Gasteiger charge is -2.13. The third kappa shape index (κ3) is 4.32. The van der Waals surface area contributed by atoms with E-state index in [9.17, 15) is 18.4 Å². The first kappa shape index (κ1) is 17.2. The van der Waals surface area contributed by atoms with Crippen molar-refractivity contribution in [2.75, 3.05) is 5.73 Å². The van der Waals surface area contributed by atoms with Crippen LogP contribution >= 0.6 is 0 Å². The first-order valence-electron chi connectivity index (χ1n) is 6.08. The standard InChI is InChI=1S/C12H12F2N4O4/c1-2-3-8(19)21-11(20)6-4-5-7(17-18-16)10(9(6)15)22-12(13)14/h4-5,12H,2-3,15H2,1H3. The van der Waals surface area contributed by atoms with Crippen LogP contribution in [0.5, 0.6) is 5.75 Å². The highest BCUT2D eigenvalue weighted by molar-refractivity contribution is 6.02. The van der Waals surface area contributed by atoms with Crippen LogP contribution in [0.4, 0.5) is 20.2 Å². The largest absolute Gasteiger partial charge is 0.432 e. The number of nitrogen functional groups attached to an aromatic ring is 1. The summed E-state index contributed by atoms with van der Waals surface area (Å²) in [7, 11) is 0. The summed E-state index contributed by atoms with van der Waals surface area (Å²) in [6.45, 7) is -1.54. The molecule has 0 aliphatic rings. The zero-order valence-electron chi connectivity index (χ0n) is 11.5. The molecule has 2 N–H and O–H groups in total. The molecule has 0 saturated heterocycles. The van der Waals surface area contributed by atoms with E-state index in [1.165, 1.54) is 0 Å². The second-order valence-electron chi connectivity index (χ2n) is 3.95. The maximum Gasteiger partial charge on any atom is 0.387 e. The minimum Gasteiger partial charge on any atom is -0.432 e. The van der Waals surface area contributed by atoms with Gasteiger partial charge in [0.1, 0.15) is 0 Å². The molecule has 1 aromatic carbocycles. The molecule has 0 saturated carbocycles. The van der Waals surface area contributed by atoms with E-state index in [4.69, 9.17) is 11.3 Å². The Balaban J connectivity index is 3.19. The van der Waals surface area contributed by atoms with E-state index in [1.54, 1.807) is 6.92 Å². The molecule has 0 unspecified atom stereocenters. The number of anilines is 1. The summed E-state index contributed by atoms with van der Waals surface area (Å²) in [5.74, 6) is -2.55. The van der Waals surface area contributed by atoms with Crippen LogP contribution in [0.1, 0.15) is 30.1 Å². The number of alkyl halides is 2.